The molecule has 2 aliphatic rings. The van der Waals surface area contributed by atoms with Gasteiger partial charge in [-0.1, -0.05) is 12.1 Å². The van der Waals surface area contributed by atoms with Crippen molar-refractivity contribution in [3.63, 3.8) is 0 Å². The molecule has 2 heterocycles. The first-order valence-corrected chi connectivity index (χ1v) is 9.18. The predicted molar refractivity (Wildman–Crippen MR) is 96.6 cm³/mol. The molecule has 0 bridgehead atoms. The van der Waals surface area contributed by atoms with Gasteiger partial charge >= 0.3 is 0 Å². The van der Waals surface area contributed by atoms with Crippen molar-refractivity contribution in [3.05, 3.63) is 24.3 Å². The molecule has 5 heteroatoms. The van der Waals surface area contributed by atoms with E-state index < -0.39 is 0 Å². The molecular weight excluding hydrogens is 302 g/mol. The molecule has 0 radical (unpaired) electrons. The minimum atomic E-state index is 0.198. The second kappa shape index (κ2) is 7.88. The number of amides is 1. The molecule has 0 spiro atoms. The SMILES string of the molecule is CCOc1ccccc1N1CCN(C(=O)[C@H]2CCN[C@@H](C)C2)CC1. The molecule has 2 atom stereocenters. The van der Waals surface area contributed by atoms with Crippen LogP contribution in [0, 0.1) is 5.92 Å². The van der Waals surface area contributed by atoms with Crippen molar-refractivity contribution in [3.8, 4) is 5.75 Å². The maximum Gasteiger partial charge on any atom is 0.225 e. The molecule has 24 heavy (non-hydrogen) atoms. The lowest BCUT2D eigenvalue weighted by molar-refractivity contribution is -0.137. The number of carbonyl (C=O) groups excluding carboxylic acids is 1. The van der Waals surface area contributed by atoms with Crippen molar-refractivity contribution in [1.82, 2.24) is 10.2 Å². The fourth-order valence-electron chi connectivity index (χ4n) is 3.78. The second-order valence-electron chi connectivity index (χ2n) is 6.79. The summed E-state index contributed by atoms with van der Waals surface area (Å²) in [6.07, 6.45) is 1.93. The molecular formula is C19H29N3O2. The van der Waals surface area contributed by atoms with E-state index in [-0.39, 0.29) is 5.92 Å². The number of benzene rings is 1. The van der Waals surface area contributed by atoms with Gasteiger partial charge in [0.1, 0.15) is 5.75 Å². The highest BCUT2D eigenvalue weighted by atomic mass is 16.5. The maximum absolute atomic E-state index is 12.8. The first-order chi connectivity index (χ1) is 11.7. The highest BCUT2D eigenvalue weighted by molar-refractivity contribution is 5.79. The van der Waals surface area contributed by atoms with E-state index in [1.165, 1.54) is 0 Å². The number of carbonyl (C=O) groups is 1. The van der Waals surface area contributed by atoms with Gasteiger partial charge in [-0.25, -0.2) is 0 Å². The van der Waals surface area contributed by atoms with Gasteiger partial charge in [0, 0.05) is 38.1 Å². The third-order valence-electron chi connectivity index (χ3n) is 5.07. The normalized spacial score (nSPS) is 24.8. The molecule has 1 aromatic carbocycles. The van der Waals surface area contributed by atoms with E-state index in [1.54, 1.807) is 0 Å². The summed E-state index contributed by atoms with van der Waals surface area (Å²) < 4.78 is 5.74. The van der Waals surface area contributed by atoms with Crippen LogP contribution in [-0.4, -0.2) is 56.2 Å². The molecule has 0 aliphatic carbocycles. The predicted octanol–water partition coefficient (Wildman–Crippen LogP) is 2.12. The highest BCUT2D eigenvalue weighted by Gasteiger charge is 2.30. The number of piperidine rings is 1. The minimum absolute atomic E-state index is 0.198. The summed E-state index contributed by atoms with van der Waals surface area (Å²) in [6.45, 7) is 9.15. The Bertz CT molecular complexity index is 555. The highest BCUT2D eigenvalue weighted by Crippen LogP contribution is 2.29. The van der Waals surface area contributed by atoms with Crippen LogP contribution >= 0.6 is 0 Å². The Labute approximate surface area is 145 Å². The second-order valence-corrected chi connectivity index (χ2v) is 6.79. The van der Waals surface area contributed by atoms with Gasteiger partial charge in [0.2, 0.25) is 5.91 Å². The molecule has 2 saturated heterocycles. The molecule has 1 aromatic rings. The number of ether oxygens (including phenoxy) is 1. The number of hydrogen-bond acceptors (Lipinski definition) is 4. The van der Waals surface area contributed by atoms with E-state index >= 15 is 0 Å². The zero-order valence-corrected chi connectivity index (χ0v) is 14.8. The molecule has 1 amide bonds. The molecule has 0 unspecified atom stereocenters. The van der Waals surface area contributed by atoms with Crippen LogP contribution in [0.1, 0.15) is 26.7 Å². The van der Waals surface area contributed by atoms with Gasteiger partial charge in [0.25, 0.3) is 0 Å². The first kappa shape index (κ1) is 17.1. The van der Waals surface area contributed by atoms with E-state index in [0.717, 1.165) is 57.0 Å². The fourth-order valence-corrected chi connectivity index (χ4v) is 3.78. The summed E-state index contributed by atoms with van der Waals surface area (Å²) in [5, 5.41) is 3.42. The van der Waals surface area contributed by atoms with Gasteiger partial charge in [0.05, 0.1) is 12.3 Å². The van der Waals surface area contributed by atoms with Gasteiger partial charge in [-0.15, -0.1) is 0 Å². The monoisotopic (exact) mass is 331 g/mol. The summed E-state index contributed by atoms with van der Waals surface area (Å²) in [4.78, 5) is 17.2. The molecule has 2 aliphatic heterocycles. The quantitative estimate of drug-likeness (QED) is 0.918. The number of nitrogens with zero attached hydrogens (tertiary/aromatic N) is 2. The van der Waals surface area contributed by atoms with E-state index in [2.05, 4.69) is 28.1 Å². The summed E-state index contributed by atoms with van der Waals surface area (Å²) in [6, 6.07) is 8.63. The summed E-state index contributed by atoms with van der Waals surface area (Å²) >= 11 is 0. The van der Waals surface area contributed by atoms with Crippen LogP contribution in [0.5, 0.6) is 5.75 Å². The van der Waals surface area contributed by atoms with Crippen LogP contribution in [0.25, 0.3) is 0 Å². The Kier molecular flexibility index (Phi) is 5.61. The van der Waals surface area contributed by atoms with Crippen LogP contribution in [0.2, 0.25) is 0 Å². The molecule has 1 N–H and O–H groups in total. The smallest absolute Gasteiger partial charge is 0.225 e. The standard InChI is InChI=1S/C19H29N3O2/c1-3-24-18-7-5-4-6-17(18)21-10-12-22(13-11-21)19(23)16-8-9-20-15(2)14-16/h4-7,15-16,20H,3,8-14H2,1-2H3/t15-,16-/m0/s1. The van der Waals surface area contributed by atoms with Gasteiger partial charge in [0.15, 0.2) is 0 Å². The summed E-state index contributed by atoms with van der Waals surface area (Å²) in [7, 11) is 0. The average Bonchev–Trinajstić information content (AvgIpc) is 2.62. The third kappa shape index (κ3) is 3.83. The number of para-hydroxylation sites is 2. The van der Waals surface area contributed by atoms with Crippen LogP contribution in [0.4, 0.5) is 5.69 Å². The van der Waals surface area contributed by atoms with Crippen molar-refractivity contribution >= 4 is 11.6 Å². The number of rotatable bonds is 4. The van der Waals surface area contributed by atoms with E-state index in [0.29, 0.717) is 18.6 Å². The van der Waals surface area contributed by atoms with Gasteiger partial charge in [-0.05, 0) is 45.4 Å². The van der Waals surface area contributed by atoms with Crippen LogP contribution < -0.4 is 15.0 Å². The van der Waals surface area contributed by atoms with Crippen molar-refractivity contribution in [1.29, 1.82) is 0 Å². The lowest BCUT2D eigenvalue weighted by Crippen LogP contribution is -2.52. The Hall–Kier alpha value is -1.75. The van der Waals surface area contributed by atoms with Crippen LogP contribution in [0.3, 0.4) is 0 Å². The topological polar surface area (TPSA) is 44.8 Å². The first-order valence-electron chi connectivity index (χ1n) is 9.18. The maximum atomic E-state index is 12.8. The third-order valence-corrected chi connectivity index (χ3v) is 5.07. The molecule has 2 fully saturated rings. The van der Waals surface area contributed by atoms with E-state index in [1.807, 2.05) is 25.1 Å². The Morgan fingerprint density at radius 1 is 1.25 bits per heavy atom. The van der Waals surface area contributed by atoms with E-state index in [9.17, 15) is 4.79 Å². The van der Waals surface area contributed by atoms with Crippen molar-refractivity contribution in [2.45, 2.75) is 32.7 Å². The largest absolute Gasteiger partial charge is 0.492 e. The number of piperazine rings is 1. The summed E-state index contributed by atoms with van der Waals surface area (Å²) in [5.41, 5.74) is 1.14. The van der Waals surface area contributed by atoms with Crippen LogP contribution in [-0.2, 0) is 4.79 Å². The van der Waals surface area contributed by atoms with Crippen LogP contribution in [0.15, 0.2) is 24.3 Å². The van der Waals surface area contributed by atoms with Gasteiger partial charge < -0.3 is 19.9 Å². The van der Waals surface area contributed by atoms with Gasteiger partial charge in [-0.3, -0.25) is 4.79 Å². The Morgan fingerprint density at radius 3 is 2.71 bits per heavy atom. The number of hydrogen-bond donors (Lipinski definition) is 1. The molecule has 3 rings (SSSR count). The lowest BCUT2D eigenvalue weighted by Gasteiger charge is -2.39. The van der Waals surface area contributed by atoms with Crippen molar-refractivity contribution in [2.75, 3.05) is 44.2 Å². The van der Waals surface area contributed by atoms with E-state index in [4.69, 9.17) is 4.74 Å². The Morgan fingerprint density at radius 2 is 2.00 bits per heavy atom. The molecule has 0 aromatic heterocycles. The average molecular weight is 331 g/mol. The lowest BCUT2D eigenvalue weighted by atomic mass is 9.92. The Balaban J connectivity index is 1.59. The number of nitrogens with one attached hydrogen (secondary N) is 1. The minimum Gasteiger partial charge on any atom is -0.492 e. The zero-order valence-electron chi connectivity index (χ0n) is 14.8. The molecule has 132 valence electrons. The number of anilines is 1. The van der Waals surface area contributed by atoms with Crippen molar-refractivity contribution < 1.29 is 9.53 Å². The molecule has 0 saturated carbocycles. The molecule has 5 nitrogen and oxygen atoms in total. The zero-order chi connectivity index (χ0) is 16.9. The van der Waals surface area contributed by atoms with Crippen molar-refractivity contribution in [2.24, 2.45) is 5.92 Å². The summed E-state index contributed by atoms with van der Waals surface area (Å²) in [5.74, 6) is 1.48. The van der Waals surface area contributed by atoms with Gasteiger partial charge in [-0.2, -0.15) is 0 Å². The fraction of sp³-hybridized carbons (Fsp3) is 0.632.